The van der Waals surface area contributed by atoms with Gasteiger partial charge in [0.05, 0.1) is 22.9 Å². The number of para-hydroxylation sites is 1. The standard InChI is InChI=1S/C47H28N2O/c1-2-14-39-42-18-9-17-36(47(42)50-44(39)19-3-1)35-11-8-10-34(28-35)32-22-20-30(21-23-32)31-24-26-33(27-25-31)43-29-48-45-40-15-6-4-12-37(40)38-13-5-7-16-41(38)46(45)49-43/h2,4-18,20-29H,1H2. The fourth-order valence-corrected chi connectivity index (χ4v) is 7.31. The molecule has 0 unspecified atom stereocenters. The smallest absolute Gasteiger partial charge is 0.185 e. The minimum absolute atomic E-state index is 0.744. The van der Waals surface area contributed by atoms with E-state index in [0.29, 0.717) is 0 Å². The van der Waals surface area contributed by atoms with E-state index in [1.165, 1.54) is 10.8 Å². The summed E-state index contributed by atoms with van der Waals surface area (Å²) >= 11 is 0. The summed E-state index contributed by atoms with van der Waals surface area (Å²) < 4.78 is 6.32. The van der Waals surface area contributed by atoms with Crippen molar-refractivity contribution < 1.29 is 4.42 Å². The Morgan fingerprint density at radius 3 is 1.86 bits per heavy atom. The quantitative estimate of drug-likeness (QED) is 0.143. The fraction of sp³-hybridized carbons (Fsp3) is 0.0213. The monoisotopic (exact) mass is 636 g/mol. The van der Waals surface area contributed by atoms with E-state index in [-0.39, 0.29) is 0 Å². The molecule has 0 saturated carbocycles. The number of aromatic nitrogens is 2. The van der Waals surface area contributed by atoms with E-state index in [0.717, 1.165) is 95.2 Å². The Morgan fingerprint density at radius 1 is 0.520 bits per heavy atom. The van der Waals surface area contributed by atoms with Gasteiger partial charge in [-0.25, -0.2) is 4.98 Å². The van der Waals surface area contributed by atoms with Gasteiger partial charge in [-0.1, -0.05) is 152 Å². The highest BCUT2D eigenvalue weighted by Gasteiger charge is 2.16. The Labute approximate surface area is 289 Å². The minimum Gasteiger partial charge on any atom is -0.446 e. The van der Waals surface area contributed by atoms with Crippen LogP contribution in [0, 0.1) is 11.8 Å². The topological polar surface area (TPSA) is 38.9 Å². The van der Waals surface area contributed by atoms with Crippen molar-refractivity contribution in [2.75, 3.05) is 0 Å². The molecule has 0 bridgehead atoms. The van der Waals surface area contributed by atoms with Crippen LogP contribution in [0.4, 0.5) is 0 Å². The van der Waals surface area contributed by atoms with Crippen LogP contribution in [0.15, 0.2) is 156 Å². The van der Waals surface area contributed by atoms with E-state index >= 15 is 0 Å². The number of hydrogen-bond acceptors (Lipinski definition) is 3. The maximum absolute atomic E-state index is 6.32. The van der Waals surface area contributed by atoms with Gasteiger partial charge in [0.2, 0.25) is 0 Å². The van der Waals surface area contributed by atoms with Crippen molar-refractivity contribution in [3.63, 3.8) is 0 Å². The normalized spacial score (nSPS) is 12.2. The Kier molecular flexibility index (Phi) is 6.47. The second kappa shape index (κ2) is 11.4. The van der Waals surface area contributed by atoms with Gasteiger partial charge in [0.15, 0.2) is 5.76 Å². The van der Waals surface area contributed by atoms with Gasteiger partial charge in [-0.15, -0.1) is 0 Å². The second-order valence-electron chi connectivity index (χ2n) is 12.7. The van der Waals surface area contributed by atoms with Crippen molar-refractivity contribution in [2.24, 2.45) is 0 Å². The van der Waals surface area contributed by atoms with E-state index in [2.05, 4.69) is 164 Å². The van der Waals surface area contributed by atoms with E-state index in [9.17, 15) is 0 Å². The minimum atomic E-state index is 0.744. The summed E-state index contributed by atoms with van der Waals surface area (Å²) in [6, 6.07) is 49.3. The van der Waals surface area contributed by atoms with Crippen LogP contribution in [0.25, 0.3) is 94.3 Å². The van der Waals surface area contributed by atoms with Crippen LogP contribution in [-0.4, -0.2) is 9.97 Å². The highest BCUT2D eigenvalue weighted by molar-refractivity contribution is 6.23. The number of furan rings is 1. The molecule has 7 aromatic carbocycles. The van der Waals surface area contributed by atoms with Crippen molar-refractivity contribution in [1.29, 1.82) is 0 Å². The van der Waals surface area contributed by atoms with Crippen molar-refractivity contribution in [2.45, 2.75) is 6.42 Å². The number of allylic oxidation sites excluding steroid dienone is 1. The molecule has 0 fully saturated rings. The van der Waals surface area contributed by atoms with Gasteiger partial charge >= 0.3 is 0 Å². The molecular weight excluding hydrogens is 609 g/mol. The van der Waals surface area contributed by atoms with Crippen molar-refractivity contribution in [3.8, 4) is 56.5 Å². The van der Waals surface area contributed by atoms with Crippen LogP contribution >= 0.6 is 0 Å². The highest BCUT2D eigenvalue weighted by atomic mass is 16.3. The van der Waals surface area contributed by atoms with E-state index in [4.69, 9.17) is 14.4 Å². The molecule has 0 N–H and O–H groups in total. The number of nitrogens with zero attached hydrogens (tertiary/aromatic N) is 2. The third-order valence-electron chi connectivity index (χ3n) is 9.79. The molecule has 232 valence electrons. The van der Waals surface area contributed by atoms with Crippen LogP contribution < -0.4 is 0 Å². The first-order valence-electron chi connectivity index (χ1n) is 16.9. The molecule has 0 amide bonds. The fourth-order valence-electron chi connectivity index (χ4n) is 7.31. The SMILES string of the molecule is C1#Cc2oc3c(-c4cccc(-c5ccc(-c6ccc(-c7cnc8c9ccccc9c9ccccc9c8n7)cc6)cc5)c4)cccc3c2C=CC1. The van der Waals surface area contributed by atoms with Crippen molar-refractivity contribution in [1.82, 2.24) is 9.97 Å². The number of rotatable bonds is 4. The molecule has 0 radical (unpaired) electrons. The molecule has 3 heteroatoms. The Hall–Kier alpha value is -6.76. The summed E-state index contributed by atoms with van der Waals surface area (Å²) in [6.07, 6.45) is 6.85. The first-order valence-corrected chi connectivity index (χ1v) is 16.9. The Balaban J connectivity index is 0.950. The van der Waals surface area contributed by atoms with Gasteiger partial charge in [0, 0.05) is 39.3 Å². The average molecular weight is 637 g/mol. The van der Waals surface area contributed by atoms with Crippen LogP contribution in [-0.2, 0) is 0 Å². The third kappa shape index (κ3) is 4.62. The number of fused-ring (bicyclic) bond motifs is 9. The Bertz CT molecular complexity index is 2850. The highest BCUT2D eigenvalue weighted by Crippen LogP contribution is 2.38. The third-order valence-corrected chi connectivity index (χ3v) is 9.79. The van der Waals surface area contributed by atoms with Crippen LogP contribution in [0.1, 0.15) is 17.7 Å². The lowest BCUT2D eigenvalue weighted by Gasteiger charge is -2.11. The molecular formula is C47H28N2O. The van der Waals surface area contributed by atoms with E-state index in [1.54, 1.807) is 0 Å². The maximum Gasteiger partial charge on any atom is 0.185 e. The van der Waals surface area contributed by atoms with Gasteiger partial charge in [0.25, 0.3) is 0 Å². The van der Waals surface area contributed by atoms with E-state index < -0.39 is 0 Å². The van der Waals surface area contributed by atoms with Crippen molar-refractivity contribution >= 4 is 49.6 Å². The van der Waals surface area contributed by atoms with Crippen LogP contribution in [0.2, 0.25) is 0 Å². The van der Waals surface area contributed by atoms with Crippen LogP contribution in [0.5, 0.6) is 0 Å². The van der Waals surface area contributed by atoms with E-state index in [1.807, 2.05) is 6.20 Å². The molecule has 9 aromatic rings. The second-order valence-corrected chi connectivity index (χ2v) is 12.7. The largest absolute Gasteiger partial charge is 0.446 e. The average Bonchev–Trinajstić information content (AvgIpc) is 3.38. The molecule has 3 nitrogen and oxygen atoms in total. The molecule has 0 saturated heterocycles. The maximum atomic E-state index is 6.32. The van der Waals surface area contributed by atoms with Gasteiger partial charge in [-0.05, 0) is 50.6 Å². The lowest BCUT2D eigenvalue weighted by atomic mass is 9.96. The summed E-state index contributed by atoms with van der Waals surface area (Å²) in [6.45, 7) is 0. The molecule has 50 heavy (non-hydrogen) atoms. The lowest BCUT2D eigenvalue weighted by Crippen LogP contribution is -1.92. The zero-order valence-electron chi connectivity index (χ0n) is 27.0. The van der Waals surface area contributed by atoms with Gasteiger partial charge in [-0.3, -0.25) is 4.98 Å². The predicted molar refractivity (Wildman–Crippen MR) is 207 cm³/mol. The molecule has 2 aromatic heterocycles. The van der Waals surface area contributed by atoms with Gasteiger partial charge < -0.3 is 4.42 Å². The summed E-state index contributed by atoms with van der Waals surface area (Å²) in [5, 5.41) is 5.75. The zero-order chi connectivity index (χ0) is 33.0. The first-order chi connectivity index (χ1) is 24.8. The van der Waals surface area contributed by atoms with Gasteiger partial charge in [-0.2, -0.15) is 0 Å². The number of benzene rings is 7. The Morgan fingerprint density at radius 2 is 1.12 bits per heavy atom. The van der Waals surface area contributed by atoms with Gasteiger partial charge in [0.1, 0.15) is 5.58 Å². The molecule has 0 spiro atoms. The lowest BCUT2D eigenvalue weighted by molar-refractivity contribution is 0.601. The number of hydrogen-bond donors (Lipinski definition) is 0. The summed E-state index contributed by atoms with van der Waals surface area (Å²) in [7, 11) is 0. The summed E-state index contributed by atoms with van der Waals surface area (Å²) in [5.74, 6) is 7.10. The molecule has 0 atom stereocenters. The first kappa shape index (κ1) is 28.3. The summed E-state index contributed by atoms with van der Waals surface area (Å²) in [4.78, 5) is 10.1. The van der Waals surface area contributed by atoms with Crippen LogP contribution in [0.3, 0.4) is 0 Å². The molecule has 2 heterocycles. The molecule has 0 aliphatic heterocycles. The summed E-state index contributed by atoms with van der Waals surface area (Å²) in [5.41, 5.74) is 12.5. The molecule has 1 aliphatic rings. The zero-order valence-corrected chi connectivity index (χ0v) is 27.0. The predicted octanol–water partition coefficient (Wildman–Crippen LogP) is 12.1. The molecule has 1 aliphatic carbocycles. The molecule has 10 rings (SSSR count). The van der Waals surface area contributed by atoms with Crippen molar-refractivity contribution in [3.05, 3.63) is 163 Å².